The molecule has 0 aliphatic carbocycles. The van der Waals surface area contributed by atoms with E-state index in [9.17, 15) is 4.79 Å². The molecule has 5 nitrogen and oxygen atoms in total. The van der Waals surface area contributed by atoms with Crippen molar-refractivity contribution in [1.29, 1.82) is 5.26 Å². The van der Waals surface area contributed by atoms with E-state index in [1.165, 1.54) is 0 Å². The number of rotatable bonds is 1. The minimum absolute atomic E-state index is 0.465. The summed E-state index contributed by atoms with van der Waals surface area (Å²) in [7, 11) is 1.91. The molecule has 1 N–H and O–H groups in total. The molecule has 0 saturated heterocycles. The Bertz CT molecular complexity index is 874. The van der Waals surface area contributed by atoms with Crippen LogP contribution in [0.5, 0.6) is 0 Å². The number of fused-ring (bicyclic) bond motifs is 1. The standard InChI is InChI=1S/C14H11N3O2/c1-8-10(7-15)6-12(17(8)2)9-3-4-13-11(5-9)16-14(18)19-13/h3-6H,1-2H3,(H,16,18). The molecule has 0 unspecified atom stereocenters. The van der Waals surface area contributed by atoms with Crippen LogP contribution in [0.3, 0.4) is 0 Å². The molecule has 0 aliphatic heterocycles. The van der Waals surface area contributed by atoms with Crippen molar-refractivity contribution in [2.75, 3.05) is 0 Å². The van der Waals surface area contributed by atoms with Crippen LogP contribution in [0.15, 0.2) is 33.5 Å². The number of aromatic nitrogens is 2. The summed E-state index contributed by atoms with van der Waals surface area (Å²) in [6.07, 6.45) is 0. The topological polar surface area (TPSA) is 74.7 Å². The smallest absolute Gasteiger partial charge is 0.408 e. The molecule has 0 atom stereocenters. The number of nitrogens with one attached hydrogen (secondary N) is 1. The fraction of sp³-hybridized carbons (Fsp3) is 0.143. The lowest BCUT2D eigenvalue weighted by Crippen LogP contribution is -1.94. The second-order valence-electron chi connectivity index (χ2n) is 4.42. The summed E-state index contributed by atoms with van der Waals surface area (Å²) in [5.41, 5.74) is 4.60. The first-order valence-electron chi connectivity index (χ1n) is 5.80. The van der Waals surface area contributed by atoms with Crippen molar-refractivity contribution in [1.82, 2.24) is 9.55 Å². The van der Waals surface area contributed by atoms with Gasteiger partial charge in [-0.25, -0.2) is 4.79 Å². The molecular formula is C14H11N3O2. The normalized spacial score (nSPS) is 10.8. The second-order valence-corrected chi connectivity index (χ2v) is 4.42. The average Bonchev–Trinajstić information content (AvgIpc) is 2.90. The first-order valence-corrected chi connectivity index (χ1v) is 5.80. The van der Waals surface area contributed by atoms with Crippen molar-refractivity contribution >= 4 is 11.1 Å². The summed E-state index contributed by atoms with van der Waals surface area (Å²) in [6.45, 7) is 1.90. The van der Waals surface area contributed by atoms with E-state index in [0.717, 1.165) is 17.0 Å². The van der Waals surface area contributed by atoms with Crippen LogP contribution in [0.1, 0.15) is 11.3 Å². The molecule has 19 heavy (non-hydrogen) atoms. The highest BCUT2D eigenvalue weighted by atomic mass is 16.4. The van der Waals surface area contributed by atoms with Crippen LogP contribution in [-0.4, -0.2) is 9.55 Å². The summed E-state index contributed by atoms with van der Waals surface area (Å²) in [4.78, 5) is 13.8. The lowest BCUT2D eigenvalue weighted by atomic mass is 10.1. The Morgan fingerprint density at radius 2 is 2.16 bits per heavy atom. The van der Waals surface area contributed by atoms with Gasteiger partial charge in [0.1, 0.15) is 6.07 Å². The van der Waals surface area contributed by atoms with Gasteiger partial charge in [-0.1, -0.05) is 0 Å². The van der Waals surface area contributed by atoms with Gasteiger partial charge in [0.25, 0.3) is 0 Å². The number of aromatic amines is 1. The van der Waals surface area contributed by atoms with Crippen molar-refractivity contribution in [2.24, 2.45) is 7.05 Å². The summed E-state index contributed by atoms with van der Waals surface area (Å²) < 4.78 is 6.93. The van der Waals surface area contributed by atoms with E-state index in [1.807, 2.05) is 36.7 Å². The number of hydrogen-bond acceptors (Lipinski definition) is 3. The number of hydrogen-bond donors (Lipinski definition) is 1. The van der Waals surface area contributed by atoms with E-state index < -0.39 is 5.76 Å². The minimum atomic E-state index is -0.465. The van der Waals surface area contributed by atoms with Crippen LogP contribution in [0.4, 0.5) is 0 Å². The van der Waals surface area contributed by atoms with Crippen molar-refractivity contribution in [3.63, 3.8) is 0 Å². The highest BCUT2D eigenvalue weighted by Gasteiger charge is 2.11. The van der Waals surface area contributed by atoms with Gasteiger partial charge in [-0.2, -0.15) is 5.26 Å². The summed E-state index contributed by atoms with van der Waals surface area (Å²) in [5.74, 6) is -0.465. The second kappa shape index (κ2) is 3.89. The van der Waals surface area contributed by atoms with E-state index >= 15 is 0 Å². The summed E-state index contributed by atoms with van der Waals surface area (Å²) >= 11 is 0. The molecule has 2 heterocycles. The van der Waals surface area contributed by atoms with E-state index in [-0.39, 0.29) is 0 Å². The third-order valence-corrected chi connectivity index (χ3v) is 3.37. The molecular weight excluding hydrogens is 242 g/mol. The zero-order chi connectivity index (χ0) is 13.6. The molecule has 1 aromatic carbocycles. The van der Waals surface area contributed by atoms with Crippen LogP contribution >= 0.6 is 0 Å². The lowest BCUT2D eigenvalue weighted by molar-refractivity contribution is 0.555. The number of nitrogens with zero attached hydrogens (tertiary/aromatic N) is 2. The molecule has 0 amide bonds. The third-order valence-electron chi connectivity index (χ3n) is 3.37. The SMILES string of the molecule is Cc1c(C#N)cc(-c2ccc3oc(=O)[nH]c3c2)n1C. The van der Waals surface area contributed by atoms with E-state index in [1.54, 1.807) is 6.07 Å². The zero-order valence-electron chi connectivity index (χ0n) is 10.5. The lowest BCUT2D eigenvalue weighted by Gasteiger charge is -2.04. The Hall–Kier alpha value is -2.74. The largest absolute Gasteiger partial charge is 0.417 e. The third kappa shape index (κ3) is 1.66. The fourth-order valence-corrected chi connectivity index (χ4v) is 2.20. The quantitative estimate of drug-likeness (QED) is 0.723. The van der Waals surface area contributed by atoms with Crippen LogP contribution < -0.4 is 5.76 Å². The van der Waals surface area contributed by atoms with Crippen molar-refractivity contribution in [3.8, 4) is 17.3 Å². The van der Waals surface area contributed by atoms with Gasteiger partial charge in [0, 0.05) is 24.0 Å². The first kappa shape index (κ1) is 11.4. The number of H-pyrrole nitrogens is 1. The van der Waals surface area contributed by atoms with Crippen LogP contribution in [0, 0.1) is 18.3 Å². The maximum atomic E-state index is 11.1. The number of benzene rings is 1. The molecule has 0 aliphatic rings. The molecule has 0 spiro atoms. The Labute approximate surface area is 108 Å². The van der Waals surface area contributed by atoms with Crippen molar-refractivity contribution in [3.05, 3.63) is 46.1 Å². The molecule has 0 radical (unpaired) electrons. The van der Waals surface area contributed by atoms with Gasteiger partial charge in [-0.15, -0.1) is 0 Å². The molecule has 0 fully saturated rings. The number of oxazole rings is 1. The van der Waals surface area contributed by atoms with Gasteiger partial charge < -0.3 is 8.98 Å². The Morgan fingerprint density at radius 1 is 1.37 bits per heavy atom. The number of nitriles is 1. The van der Waals surface area contributed by atoms with Crippen LogP contribution in [-0.2, 0) is 7.05 Å². The zero-order valence-corrected chi connectivity index (χ0v) is 10.5. The highest BCUT2D eigenvalue weighted by molar-refractivity contribution is 5.79. The van der Waals surface area contributed by atoms with Gasteiger partial charge in [0.15, 0.2) is 5.58 Å². The van der Waals surface area contributed by atoms with E-state index in [2.05, 4.69) is 11.1 Å². The predicted octanol–water partition coefficient (Wildman–Crippen LogP) is 2.31. The van der Waals surface area contributed by atoms with Gasteiger partial charge in [0.2, 0.25) is 0 Å². The van der Waals surface area contributed by atoms with Crippen molar-refractivity contribution in [2.45, 2.75) is 6.92 Å². The van der Waals surface area contributed by atoms with Crippen LogP contribution in [0.25, 0.3) is 22.4 Å². The minimum Gasteiger partial charge on any atom is -0.408 e. The van der Waals surface area contributed by atoms with Crippen molar-refractivity contribution < 1.29 is 4.42 Å². The Kier molecular flexibility index (Phi) is 2.32. The fourth-order valence-electron chi connectivity index (χ4n) is 2.20. The molecule has 3 aromatic rings. The Balaban J connectivity index is 2.24. The molecule has 2 aromatic heterocycles. The molecule has 0 saturated carbocycles. The van der Waals surface area contributed by atoms with Gasteiger partial charge >= 0.3 is 5.76 Å². The average molecular weight is 253 g/mol. The predicted molar refractivity (Wildman–Crippen MR) is 70.7 cm³/mol. The van der Waals surface area contributed by atoms with Crippen LogP contribution in [0.2, 0.25) is 0 Å². The Morgan fingerprint density at radius 3 is 2.84 bits per heavy atom. The molecule has 5 heteroatoms. The van der Waals surface area contributed by atoms with Gasteiger partial charge in [-0.3, -0.25) is 4.98 Å². The van der Waals surface area contributed by atoms with E-state index in [0.29, 0.717) is 16.7 Å². The summed E-state index contributed by atoms with van der Waals surface area (Å²) in [5, 5.41) is 9.05. The monoisotopic (exact) mass is 253 g/mol. The molecule has 94 valence electrons. The first-order chi connectivity index (χ1) is 9.10. The van der Waals surface area contributed by atoms with E-state index in [4.69, 9.17) is 9.68 Å². The van der Waals surface area contributed by atoms with Gasteiger partial charge in [0.05, 0.1) is 11.1 Å². The highest BCUT2D eigenvalue weighted by Crippen LogP contribution is 2.26. The molecule has 0 bridgehead atoms. The maximum Gasteiger partial charge on any atom is 0.417 e. The maximum absolute atomic E-state index is 11.1. The summed E-state index contributed by atoms with van der Waals surface area (Å²) in [6, 6.07) is 9.47. The van der Waals surface area contributed by atoms with Gasteiger partial charge in [-0.05, 0) is 31.2 Å². The molecule has 3 rings (SSSR count).